The molecule has 1 aromatic rings. The monoisotopic (exact) mass is 461 g/mol. The number of halogens is 2. The Kier molecular flexibility index (Phi) is 8.85. The van der Waals surface area contributed by atoms with Gasteiger partial charge < -0.3 is 33.5 Å². The van der Waals surface area contributed by atoms with Gasteiger partial charge in [-0.15, -0.1) is 0 Å². The zero-order valence-corrected chi connectivity index (χ0v) is 19.9. The lowest BCUT2D eigenvalue weighted by atomic mass is 9.90. The van der Waals surface area contributed by atoms with Gasteiger partial charge in [-0.2, -0.15) is 0 Å². The summed E-state index contributed by atoms with van der Waals surface area (Å²) >= 11 is 0. The van der Waals surface area contributed by atoms with Crippen LogP contribution in [0.1, 0.15) is 74.7 Å². The molecule has 0 unspecified atom stereocenters. The molecule has 0 fully saturated rings. The Balaban J connectivity index is 1.37. The molecule has 2 aliphatic rings. The van der Waals surface area contributed by atoms with Crippen molar-refractivity contribution < 1.29 is 23.3 Å². The van der Waals surface area contributed by atoms with Crippen LogP contribution in [0.4, 0.5) is 8.63 Å². The first-order chi connectivity index (χ1) is 15.8. The second-order valence-electron chi connectivity index (χ2n) is 9.35. The van der Waals surface area contributed by atoms with Gasteiger partial charge >= 0.3 is 6.97 Å². The molecule has 2 atom stereocenters. The van der Waals surface area contributed by atoms with E-state index in [2.05, 4.69) is 0 Å². The quantitative estimate of drug-likeness (QED) is 0.231. The molecule has 8 heteroatoms. The van der Waals surface area contributed by atoms with Crippen LogP contribution < -0.4 is 5.73 Å². The van der Waals surface area contributed by atoms with Gasteiger partial charge in [0, 0.05) is 30.3 Å². The van der Waals surface area contributed by atoms with Crippen molar-refractivity contribution in [3.63, 3.8) is 0 Å². The minimum Gasteiger partial charge on any atom is -0.395 e. The van der Waals surface area contributed by atoms with Gasteiger partial charge in [0.15, 0.2) is 5.70 Å². The number of fused-ring (bicyclic) bond motifs is 2. The lowest BCUT2D eigenvalue weighted by Crippen LogP contribution is -2.50. The van der Waals surface area contributed by atoms with Crippen molar-refractivity contribution in [1.29, 1.82) is 0 Å². The third-order valence-electron chi connectivity index (χ3n) is 6.70. The molecule has 33 heavy (non-hydrogen) atoms. The lowest BCUT2D eigenvalue weighted by Gasteiger charge is -2.30. The molecule has 0 saturated carbocycles. The smallest absolute Gasteiger partial charge is 0.395 e. The molecule has 2 aliphatic heterocycles. The van der Waals surface area contributed by atoms with Gasteiger partial charge in [0.25, 0.3) is 0 Å². The first-order valence-corrected chi connectivity index (χ1v) is 12.2. The number of aryl methyl sites for hydroxylation is 2. The van der Waals surface area contributed by atoms with E-state index in [-0.39, 0.29) is 6.61 Å². The van der Waals surface area contributed by atoms with Crippen molar-refractivity contribution in [2.75, 3.05) is 6.61 Å². The van der Waals surface area contributed by atoms with Crippen LogP contribution in [0.5, 0.6) is 0 Å². The molecule has 0 spiro atoms. The van der Waals surface area contributed by atoms with E-state index in [0.717, 1.165) is 62.6 Å². The van der Waals surface area contributed by atoms with Crippen LogP contribution in [0.2, 0.25) is 0 Å². The molecular formula is C25H38BF2N3O2. The zero-order valence-electron chi connectivity index (χ0n) is 19.9. The van der Waals surface area contributed by atoms with Gasteiger partial charge in [0.05, 0.1) is 18.8 Å². The summed E-state index contributed by atoms with van der Waals surface area (Å²) in [5.74, 6) is 0. The largest absolute Gasteiger partial charge is 0.737 e. The Morgan fingerprint density at radius 3 is 2.45 bits per heavy atom. The van der Waals surface area contributed by atoms with Crippen molar-refractivity contribution in [2.45, 2.75) is 83.8 Å². The van der Waals surface area contributed by atoms with Crippen LogP contribution in [-0.2, 0) is 0 Å². The average molecular weight is 461 g/mol. The summed E-state index contributed by atoms with van der Waals surface area (Å²) in [7, 11) is 0. The van der Waals surface area contributed by atoms with E-state index in [4.69, 9.17) is 10.8 Å². The minimum atomic E-state index is -3.85. The number of unbranched alkanes of at least 4 members (excludes halogenated alkanes) is 7. The minimum absolute atomic E-state index is 0.228. The van der Waals surface area contributed by atoms with Crippen LogP contribution in [0.3, 0.4) is 0 Å². The van der Waals surface area contributed by atoms with E-state index in [1.807, 2.05) is 37.3 Å². The normalized spacial score (nSPS) is 18.6. The topological polar surface area (TPSA) is 74.4 Å². The number of aliphatic hydroxyl groups excluding tert-OH is 2. The van der Waals surface area contributed by atoms with Gasteiger partial charge in [0.1, 0.15) is 5.71 Å². The summed E-state index contributed by atoms with van der Waals surface area (Å²) in [5, 5.41) is 18.5. The van der Waals surface area contributed by atoms with E-state index in [9.17, 15) is 5.11 Å². The number of aliphatic hydroxyl groups is 2. The van der Waals surface area contributed by atoms with Crippen LogP contribution in [-0.4, -0.2) is 50.6 Å². The Morgan fingerprint density at radius 1 is 1.09 bits per heavy atom. The van der Waals surface area contributed by atoms with Crippen LogP contribution >= 0.6 is 0 Å². The van der Waals surface area contributed by atoms with Gasteiger partial charge in [-0.1, -0.05) is 44.3 Å². The lowest BCUT2D eigenvalue weighted by molar-refractivity contribution is -0.362. The highest BCUT2D eigenvalue weighted by atomic mass is 19.2. The molecule has 0 radical (unpaired) electrons. The van der Waals surface area contributed by atoms with Gasteiger partial charge in [-0.25, -0.2) is 0 Å². The summed E-state index contributed by atoms with van der Waals surface area (Å²) in [6.45, 7) is -0.445. The van der Waals surface area contributed by atoms with Crippen molar-refractivity contribution in [1.82, 2.24) is 4.48 Å². The molecule has 0 aromatic carbocycles. The Hall–Kier alpha value is -2.03. The number of allylic oxidation sites excluding steroid dienone is 3. The predicted molar refractivity (Wildman–Crippen MR) is 131 cm³/mol. The number of nitrogens with two attached hydrogens (primary N) is 1. The first-order valence-electron chi connectivity index (χ1n) is 12.2. The SMILES string of the molecule is Cc1cc(C)n2c1C=C1C=CC(CCCCCCCCCC=C[C@@H](O)[C@@H](N)CO)=[N+]1[B-]2(F)F. The molecule has 1 aromatic heterocycles. The van der Waals surface area contributed by atoms with Crippen LogP contribution in [0, 0.1) is 13.8 Å². The van der Waals surface area contributed by atoms with Gasteiger partial charge in [-0.05, 0) is 50.4 Å². The Bertz CT molecular complexity index is 950. The highest BCUT2D eigenvalue weighted by molar-refractivity contribution is 6.58. The molecule has 182 valence electrons. The highest BCUT2D eigenvalue weighted by Crippen LogP contribution is 2.34. The molecule has 3 rings (SSSR count). The molecule has 0 bridgehead atoms. The number of aromatic nitrogens is 1. The summed E-state index contributed by atoms with van der Waals surface area (Å²) in [6.07, 6.45) is 17.5. The number of hydrogen-bond acceptors (Lipinski definition) is 3. The fourth-order valence-electron chi connectivity index (χ4n) is 4.83. The maximum atomic E-state index is 15.4. The summed E-state index contributed by atoms with van der Waals surface area (Å²) in [4.78, 5) is 0. The highest BCUT2D eigenvalue weighted by Gasteiger charge is 2.52. The fraction of sp³-hybridized carbons (Fsp3) is 0.560. The van der Waals surface area contributed by atoms with Gasteiger partial charge in [0.2, 0.25) is 0 Å². The summed E-state index contributed by atoms with van der Waals surface area (Å²) < 4.78 is 33.3. The molecule has 0 amide bonds. The second kappa shape index (κ2) is 11.4. The molecular weight excluding hydrogens is 423 g/mol. The molecule has 3 heterocycles. The Labute approximate surface area is 196 Å². The van der Waals surface area contributed by atoms with Crippen molar-refractivity contribution in [3.05, 3.63) is 53.0 Å². The number of rotatable bonds is 13. The number of hydrogen-bond donors (Lipinski definition) is 3. The van der Waals surface area contributed by atoms with E-state index in [1.54, 1.807) is 13.0 Å². The average Bonchev–Trinajstić information content (AvgIpc) is 3.32. The van der Waals surface area contributed by atoms with E-state index in [1.165, 1.54) is 8.96 Å². The zero-order chi connectivity index (χ0) is 24.0. The summed E-state index contributed by atoms with van der Waals surface area (Å²) in [5.41, 5.74) is 8.99. The van der Waals surface area contributed by atoms with E-state index >= 15 is 8.63 Å². The maximum Gasteiger partial charge on any atom is 0.737 e. The van der Waals surface area contributed by atoms with Crippen LogP contribution in [0.15, 0.2) is 36.1 Å². The number of nitrogens with zero attached hydrogens (tertiary/aromatic N) is 2. The van der Waals surface area contributed by atoms with Gasteiger partial charge in [-0.3, -0.25) is 0 Å². The first kappa shape index (κ1) is 25.6. The third-order valence-corrected chi connectivity index (χ3v) is 6.70. The van der Waals surface area contributed by atoms with E-state index in [0.29, 0.717) is 23.5 Å². The predicted octanol–water partition coefficient (Wildman–Crippen LogP) is 4.45. The molecule has 5 nitrogen and oxygen atoms in total. The standard InChI is InChI=1S/C25H38BF2N3O2/c1-19-16-20(2)30-24(19)17-22-15-14-21(31(22)26(30,27)28)12-10-8-6-4-3-5-7-9-11-13-25(33)23(29)18-32/h11,13-17,23,25,32-33H,3-10,12,18,29H2,1-2H3/t23-,25+/m0/s1. The Morgan fingerprint density at radius 2 is 1.76 bits per heavy atom. The van der Waals surface area contributed by atoms with Crippen molar-refractivity contribution in [3.8, 4) is 0 Å². The van der Waals surface area contributed by atoms with Crippen LogP contribution in [0.25, 0.3) is 6.08 Å². The second-order valence-corrected chi connectivity index (χ2v) is 9.35. The fourth-order valence-corrected chi connectivity index (χ4v) is 4.83. The van der Waals surface area contributed by atoms with Crippen molar-refractivity contribution >= 4 is 18.8 Å². The molecule has 0 aliphatic carbocycles. The maximum absolute atomic E-state index is 15.4. The third kappa shape index (κ3) is 5.92. The van der Waals surface area contributed by atoms with E-state index < -0.39 is 19.1 Å². The van der Waals surface area contributed by atoms with Crippen molar-refractivity contribution in [2.24, 2.45) is 5.73 Å². The summed E-state index contributed by atoms with van der Waals surface area (Å²) in [6, 6.07) is 1.21. The molecule has 4 N–H and O–H groups in total. The molecule has 0 saturated heterocycles.